The number of pyridine rings is 1. The molecule has 0 saturated carbocycles. The molecule has 154 valence electrons. The molecule has 0 unspecified atom stereocenters. The van der Waals surface area contributed by atoms with Crippen LogP contribution in [0.25, 0.3) is 11.0 Å². The molecule has 4 rings (SSSR count). The normalized spacial score (nSPS) is 11.7. The van der Waals surface area contributed by atoms with E-state index >= 15 is 0 Å². The van der Waals surface area contributed by atoms with E-state index in [2.05, 4.69) is 25.3 Å². The van der Waals surface area contributed by atoms with Gasteiger partial charge in [0.1, 0.15) is 17.8 Å². The van der Waals surface area contributed by atoms with Crippen molar-refractivity contribution < 1.29 is 12.8 Å². The smallest absolute Gasteiger partial charge is 0.218 e. The summed E-state index contributed by atoms with van der Waals surface area (Å²) in [5, 5.41) is 4.12. The highest BCUT2D eigenvalue weighted by Crippen LogP contribution is 2.23. The van der Waals surface area contributed by atoms with E-state index < -0.39 is 15.8 Å². The van der Waals surface area contributed by atoms with Gasteiger partial charge in [-0.15, -0.1) is 0 Å². The molecule has 0 saturated heterocycles. The highest BCUT2D eigenvalue weighted by molar-refractivity contribution is 7.90. The predicted molar refractivity (Wildman–Crippen MR) is 113 cm³/mol. The summed E-state index contributed by atoms with van der Waals surface area (Å²) in [6, 6.07) is 7.92. The van der Waals surface area contributed by atoms with Crippen LogP contribution < -0.4 is 5.32 Å². The van der Waals surface area contributed by atoms with E-state index in [1.54, 1.807) is 36.7 Å². The van der Waals surface area contributed by atoms with Crippen LogP contribution in [0, 0.1) is 5.95 Å². The molecule has 0 aliphatic heterocycles. The molecule has 1 aromatic carbocycles. The summed E-state index contributed by atoms with van der Waals surface area (Å²) >= 11 is 5.92. The van der Waals surface area contributed by atoms with Crippen molar-refractivity contribution in [3.8, 4) is 0 Å². The maximum atomic E-state index is 14.6. The molecule has 4 aromatic rings. The summed E-state index contributed by atoms with van der Waals surface area (Å²) in [5.41, 5.74) is 2.50. The molecule has 2 N–H and O–H groups in total. The maximum absolute atomic E-state index is 14.6. The zero-order chi connectivity index (χ0) is 21.3. The Morgan fingerprint density at radius 3 is 2.73 bits per heavy atom. The third-order valence-electron chi connectivity index (χ3n) is 4.64. The van der Waals surface area contributed by atoms with Crippen molar-refractivity contribution in [3.05, 3.63) is 76.7 Å². The first-order valence-corrected chi connectivity index (χ1v) is 11.2. The van der Waals surface area contributed by atoms with Crippen LogP contribution in [0.2, 0.25) is 5.02 Å². The summed E-state index contributed by atoms with van der Waals surface area (Å²) in [6.07, 6.45) is 6.35. The van der Waals surface area contributed by atoms with E-state index in [4.69, 9.17) is 11.6 Å². The molecule has 0 aliphatic rings. The molecular formula is C20H17ClFN5O2S. The molecule has 3 aromatic heterocycles. The Morgan fingerprint density at radius 1 is 1.17 bits per heavy atom. The monoisotopic (exact) mass is 445 g/mol. The lowest BCUT2D eigenvalue weighted by Crippen LogP contribution is -2.09. The number of anilines is 1. The van der Waals surface area contributed by atoms with Gasteiger partial charge in [0.2, 0.25) is 5.95 Å². The Labute approximate surface area is 177 Å². The van der Waals surface area contributed by atoms with Gasteiger partial charge in [0, 0.05) is 47.6 Å². The number of rotatable bonds is 6. The number of nitrogens with zero attached hydrogens (tertiary/aromatic N) is 3. The zero-order valence-corrected chi connectivity index (χ0v) is 17.4. The van der Waals surface area contributed by atoms with Gasteiger partial charge in [0.05, 0.1) is 4.90 Å². The first-order valence-electron chi connectivity index (χ1n) is 8.95. The van der Waals surface area contributed by atoms with E-state index in [0.29, 0.717) is 34.0 Å². The standard InChI is InChI=1S/C20H17ClFN5O2S/c1-30(28,29)17-7-15(21)4-2-13(17)8-24-18-5-3-12(19(22)27-18)6-14-9-25-20-16(14)10-23-11-26-20/h2-5,7,9-11H,6,8H2,1H3,(H,24,27)(H,23,25,26). The quantitative estimate of drug-likeness (QED) is 0.438. The number of aromatic nitrogens is 4. The lowest BCUT2D eigenvalue weighted by molar-refractivity contribution is 0.571. The number of H-pyrrole nitrogens is 1. The Morgan fingerprint density at radius 2 is 1.97 bits per heavy atom. The van der Waals surface area contributed by atoms with E-state index in [1.807, 2.05) is 0 Å². The van der Waals surface area contributed by atoms with Gasteiger partial charge in [-0.2, -0.15) is 4.39 Å². The van der Waals surface area contributed by atoms with Crippen molar-refractivity contribution >= 4 is 38.3 Å². The molecule has 10 heteroatoms. The Balaban J connectivity index is 1.52. The van der Waals surface area contributed by atoms with Gasteiger partial charge in [-0.3, -0.25) is 0 Å². The molecule has 0 radical (unpaired) electrons. The highest BCUT2D eigenvalue weighted by Gasteiger charge is 2.15. The second-order valence-corrected chi connectivity index (χ2v) is 9.22. The number of benzene rings is 1. The van der Waals surface area contributed by atoms with Gasteiger partial charge < -0.3 is 10.3 Å². The molecule has 0 atom stereocenters. The molecule has 0 aliphatic carbocycles. The van der Waals surface area contributed by atoms with E-state index in [9.17, 15) is 12.8 Å². The van der Waals surface area contributed by atoms with Crippen LogP contribution in [-0.4, -0.2) is 34.6 Å². The highest BCUT2D eigenvalue weighted by atomic mass is 35.5. The minimum atomic E-state index is -3.45. The van der Waals surface area contributed by atoms with Crippen molar-refractivity contribution in [2.75, 3.05) is 11.6 Å². The molecule has 7 nitrogen and oxygen atoms in total. The maximum Gasteiger partial charge on any atom is 0.218 e. The van der Waals surface area contributed by atoms with Crippen molar-refractivity contribution in [3.63, 3.8) is 0 Å². The number of hydrogen-bond acceptors (Lipinski definition) is 6. The SMILES string of the molecule is CS(=O)(=O)c1cc(Cl)ccc1CNc1ccc(Cc2c[nH]c3ncncc23)c(F)n1. The molecule has 0 fully saturated rings. The molecule has 30 heavy (non-hydrogen) atoms. The van der Waals surface area contributed by atoms with Crippen molar-refractivity contribution in [2.24, 2.45) is 0 Å². The van der Waals surface area contributed by atoms with Gasteiger partial charge in [-0.25, -0.2) is 23.4 Å². The summed E-state index contributed by atoms with van der Waals surface area (Å²) < 4.78 is 38.6. The molecule has 0 amide bonds. The third kappa shape index (κ3) is 4.27. The molecule has 0 bridgehead atoms. The fourth-order valence-electron chi connectivity index (χ4n) is 3.16. The average molecular weight is 446 g/mol. The van der Waals surface area contributed by atoms with Gasteiger partial charge in [0.25, 0.3) is 0 Å². The van der Waals surface area contributed by atoms with Crippen LogP contribution in [0.4, 0.5) is 10.2 Å². The van der Waals surface area contributed by atoms with Crippen LogP contribution in [-0.2, 0) is 22.8 Å². The number of aromatic amines is 1. The number of halogens is 2. The fourth-order valence-corrected chi connectivity index (χ4v) is 4.36. The van der Waals surface area contributed by atoms with Crippen molar-refractivity contribution in [1.82, 2.24) is 19.9 Å². The van der Waals surface area contributed by atoms with Crippen molar-refractivity contribution in [2.45, 2.75) is 17.9 Å². The minimum Gasteiger partial charge on any atom is -0.366 e. The Bertz CT molecular complexity index is 1340. The van der Waals surface area contributed by atoms with Gasteiger partial charge in [-0.1, -0.05) is 23.7 Å². The second kappa shape index (κ2) is 8.00. The van der Waals surface area contributed by atoms with Crippen LogP contribution >= 0.6 is 11.6 Å². The second-order valence-electron chi connectivity index (χ2n) is 6.80. The predicted octanol–water partition coefficient (Wildman–Crippen LogP) is 3.75. The molecular weight excluding hydrogens is 429 g/mol. The molecule has 3 heterocycles. The van der Waals surface area contributed by atoms with Gasteiger partial charge >= 0.3 is 0 Å². The van der Waals surface area contributed by atoms with Gasteiger partial charge in [-0.05, 0) is 29.3 Å². The largest absolute Gasteiger partial charge is 0.366 e. The third-order valence-corrected chi connectivity index (χ3v) is 6.05. The van der Waals surface area contributed by atoms with E-state index in [1.165, 1.54) is 12.4 Å². The number of hydrogen-bond donors (Lipinski definition) is 2. The van der Waals surface area contributed by atoms with Crippen molar-refractivity contribution in [1.29, 1.82) is 0 Å². The topological polar surface area (TPSA) is 101 Å². The Hall–Kier alpha value is -3.04. The zero-order valence-electron chi connectivity index (χ0n) is 15.9. The molecule has 0 spiro atoms. The first kappa shape index (κ1) is 20.2. The summed E-state index contributed by atoms with van der Waals surface area (Å²) in [5.74, 6) is -0.307. The Kier molecular flexibility index (Phi) is 5.40. The van der Waals surface area contributed by atoms with Gasteiger partial charge in [0.15, 0.2) is 9.84 Å². The number of sulfone groups is 1. The average Bonchev–Trinajstić information content (AvgIpc) is 3.11. The van der Waals surface area contributed by atoms with E-state index in [0.717, 1.165) is 17.2 Å². The summed E-state index contributed by atoms with van der Waals surface area (Å²) in [7, 11) is -3.45. The first-order chi connectivity index (χ1) is 14.3. The fraction of sp³-hybridized carbons (Fsp3) is 0.150. The lowest BCUT2D eigenvalue weighted by Gasteiger charge is -2.11. The van der Waals surface area contributed by atoms with Crippen LogP contribution in [0.5, 0.6) is 0 Å². The van der Waals surface area contributed by atoms with Crippen LogP contribution in [0.1, 0.15) is 16.7 Å². The summed E-state index contributed by atoms with van der Waals surface area (Å²) in [6.45, 7) is 0.158. The minimum absolute atomic E-state index is 0.126. The lowest BCUT2D eigenvalue weighted by atomic mass is 10.1. The van der Waals surface area contributed by atoms with Crippen LogP contribution in [0.15, 0.2) is 53.9 Å². The number of nitrogens with one attached hydrogen (secondary N) is 2. The van der Waals surface area contributed by atoms with Crippen LogP contribution in [0.3, 0.4) is 0 Å². The van der Waals surface area contributed by atoms with E-state index in [-0.39, 0.29) is 11.4 Å². The number of fused-ring (bicyclic) bond motifs is 1. The summed E-state index contributed by atoms with van der Waals surface area (Å²) in [4.78, 5) is 15.3.